The van der Waals surface area contributed by atoms with Crippen molar-refractivity contribution in [1.82, 2.24) is 0 Å². The monoisotopic (exact) mass is 352 g/mol. The van der Waals surface area contributed by atoms with Gasteiger partial charge in [-0.15, -0.1) is 0 Å². The predicted molar refractivity (Wildman–Crippen MR) is 107 cm³/mol. The molecule has 2 aromatic carbocycles. The highest BCUT2D eigenvalue weighted by atomic mass is 16.2. The lowest BCUT2D eigenvalue weighted by Gasteiger charge is -2.09. The molecule has 26 heavy (non-hydrogen) atoms. The van der Waals surface area contributed by atoms with E-state index in [1.165, 1.54) is 11.1 Å². The normalized spacial score (nSPS) is 10.6. The zero-order valence-corrected chi connectivity index (χ0v) is 15.8. The van der Waals surface area contributed by atoms with Gasteiger partial charge >= 0.3 is 0 Å². The molecule has 0 aliphatic carbocycles. The van der Waals surface area contributed by atoms with E-state index < -0.39 is 0 Å². The van der Waals surface area contributed by atoms with E-state index in [1.54, 1.807) is 24.3 Å². The first-order valence-electron chi connectivity index (χ1n) is 9.24. The van der Waals surface area contributed by atoms with Crippen molar-refractivity contribution in [2.45, 2.75) is 46.5 Å². The third-order valence-corrected chi connectivity index (χ3v) is 4.12. The summed E-state index contributed by atoms with van der Waals surface area (Å²) in [5, 5.41) is 5.75. The Labute approximate surface area is 156 Å². The molecule has 0 aliphatic heterocycles. The van der Waals surface area contributed by atoms with Gasteiger partial charge in [-0.3, -0.25) is 9.59 Å². The van der Waals surface area contributed by atoms with Crippen molar-refractivity contribution in [1.29, 1.82) is 0 Å². The maximum Gasteiger partial charge on any atom is 0.224 e. The van der Waals surface area contributed by atoms with E-state index in [4.69, 9.17) is 0 Å². The topological polar surface area (TPSA) is 58.2 Å². The van der Waals surface area contributed by atoms with E-state index in [-0.39, 0.29) is 11.8 Å². The summed E-state index contributed by atoms with van der Waals surface area (Å²) in [5.74, 6) is 0.318. The average Bonchev–Trinajstić information content (AvgIpc) is 2.61. The van der Waals surface area contributed by atoms with Crippen LogP contribution >= 0.6 is 0 Å². The van der Waals surface area contributed by atoms with Gasteiger partial charge in [0.2, 0.25) is 11.8 Å². The van der Waals surface area contributed by atoms with Crippen LogP contribution in [-0.4, -0.2) is 11.8 Å². The molecule has 0 heterocycles. The van der Waals surface area contributed by atoms with Gasteiger partial charge in [0.25, 0.3) is 0 Å². The SMILES string of the molecule is CCc1ccc(CCC(=O)Nc2ccc(NC(=O)CC(C)C)cc2)cc1. The van der Waals surface area contributed by atoms with Gasteiger partial charge in [-0.05, 0) is 54.2 Å². The Bertz CT molecular complexity index is 719. The van der Waals surface area contributed by atoms with E-state index in [0.717, 1.165) is 24.2 Å². The second kappa shape index (κ2) is 9.76. The number of anilines is 2. The Hall–Kier alpha value is -2.62. The molecular formula is C22H28N2O2. The maximum absolute atomic E-state index is 12.1. The quantitative estimate of drug-likeness (QED) is 0.716. The van der Waals surface area contributed by atoms with Gasteiger partial charge in [0.15, 0.2) is 0 Å². The molecule has 2 aromatic rings. The molecule has 2 amide bonds. The molecule has 0 atom stereocenters. The molecule has 2 N–H and O–H groups in total. The summed E-state index contributed by atoms with van der Waals surface area (Å²) < 4.78 is 0. The lowest BCUT2D eigenvalue weighted by atomic mass is 10.1. The van der Waals surface area contributed by atoms with Gasteiger partial charge in [0, 0.05) is 24.2 Å². The van der Waals surface area contributed by atoms with Gasteiger partial charge in [-0.25, -0.2) is 0 Å². The third kappa shape index (κ3) is 6.71. The van der Waals surface area contributed by atoms with Gasteiger partial charge in [0.1, 0.15) is 0 Å². The summed E-state index contributed by atoms with van der Waals surface area (Å²) in [7, 11) is 0. The van der Waals surface area contributed by atoms with Crippen LogP contribution in [0.4, 0.5) is 11.4 Å². The van der Waals surface area contributed by atoms with Gasteiger partial charge < -0.3 is 10.6 Å². The van der Waals surface area contributed by atoms with Crippen molar-refractivity contribution >= 4 is 23.2 Å². The average molecular weight is 352 g/mol. The van der Waals surface area contributed by atoms with Crippen LogP contribution in [0.3, 0.4) is 0 Å². The number of aryl methyl sites for hydroxylation is 2. The Balaban J connectivity index is 1.80. The zero-order valence-electron chi connectivity index (χ0n) is 15.8. The molecule has 0 radical (unpaired) electrons. The first-order valence-corrected chi connectivity index (χ1v) is 9.24. The molecule has 0 aliphatic rings. The number of nitrogens with one attached hydrogen (secondary N) is 2. The minimum absolute atomic E-state index is 0.00544. The molecule has 0 aromatic heterocycles. The largest absolute Gasteiger partial charge is 0.326 e. The fraction of sp³-hybridized carbons (Fsp3) is 0.364. The highest BCUT2D eigenvalue weighted by Gasteiger charge is 2.06. The van der Waals surface area contributed by atoms with E-state index in [9.17, 15) is 9.59 Å². The molecule has 2 rings (SSSR count). The third-order valence-electron chi connectivity index (χ3n) is 4.12. The predicted octanol–water partition coefficient (Wildman–Crippen LogP) is 4.80. The molecular weight excluding hydrogens is 324 g/mol. The van der Waals surface area contributed by atoms with Crippen molar-refractivity contribution in [3.63, 3.8) is 0 Å². The molecule has 0 saturated heterocycles. The Morgan fingerprint density at radius 1 is 0.808 bits per heavy atom. The first-order chi connectivity index (χ1) is 12.5. The van der Waals surface area contributed by atoms with Crippen molar-refractivity contribution in [2.75, 3.05) is 10.6 Å². The number of rotatable bonds is 8. The van der Waals surface area contributed by atoms with Crippen molar-refractivity contribution < 1.29 is 9.59 Å². The van der Waals surface area contributed by atoms with Crippen LogP contribution in [0.5, 0.6) is 0 Å². The molecule has 4 heteroatoms. The summed E-state index contributed by atoms with van der Waals surface area (Å²) in [6, 6.07) is 15.6. The lowest BCUT2D eigenvalue weighted by molar-refractivity contribution is -0.117. The molecule has 4 nitrogen and oxygen atoms in total. The fourth-order valence-electron chi connectivity index (χ4n) is 2.64. The zero-order chi connectivity index (χ0) is 18.9. The van der Waals surface area contributed by atoms with E-state index in [1.807, 2.05) is 13.8 Å². The van der Waals surface area contributed by atoms with Crippen molar-refractivity contribution in [3.8, 4) is 0 Å². The second-order valence-corrected chi connectivity index (χ2v) is 6.94. The lowest BCUT2D eigenvalue weighted by Crippen LogP contribution is -2.14. The summed E-state index contributed by atoms with van der Waals surface area (Å²) in [6.45, 7) is 6.15. The highest BCUT2D eigenvalue weighted by molar-refractivity contribution is 5.93. The highest BCUT2D eigenvalue weighted by Crippen LogP contribution is 2.15. The molecule has 138 valence electrons. The van der Waals surface area contributed by atoms with E-state index in [0.29, 0.717) is 18.8 Å². The Morgan fingerprint density at radius 2 is 1.31 bits per heavy atom. The van der Waals surface area contributed by atoms with E-state index >= 15 is 0 Å². The van der Waals surface area contributed by atoms with Crippen LogP contribution in [0, 0.1) is 5.92 Å². The Kier molecular flexibility index (Phi) is 7.39. The summed E-state index contributed by atoms with van der Waals surface area (Å²) >= 11 is 0. The van der Waals surface area contributed by atoms with Gasteiger partial charge in [-0.1, -0.05) is 45.0 Å². The van der Waals surface area contributed by atoms with Crippen LogP contribution in [0.25, 0.3) is 0 Å². The fourth-order valence-corrected chi connectivity index (χ4v) is 2.64. The molecule has 0 saturated carbocycles. The number of carbonyl (C=O) groups is 2. The van der Waals surface area contributed by atoms with E-state index in [2.05, 4.69) is 41.8 Å². The minimum Gasteiger partial charge on any atom is -0.326 e. The van der Waals surface area contributed by atoms with Crippen molar-refractivity contribution in [3.05, 3.63) is 59.7 Å². The smallest absolute Gasteiger partial charge is 0.224 e. The molecule has 0 bridgehead atoms. The Morgan fingerprint density at radius 3 is 1.81 bits per heavy atom. The molecule has 0 fully saturated rings. The van der Waals surface area contributed by atoms with Crippen LogP contribution in [0.15, 0.2) is 48.5 Å². The van der Waals surface area contributed by atoms with Crippen molar-refractivity contribution in [2.24, 2.45) is 5.92 Å². The number of benzene rings is 2. The second-order valence-electron chi connectivity index (χ2n) is 6.94. The van der Waals surface area contributed by atoms with Crippen LogP contribution < -0.4 is 10.6 Å². The summed E-state index contributed by atoms with van der Waals surface area (Å²) in [4.78, 5) is 23.9. The molecule has 0 spiro atoms. The first kappa shape index (κ1) is 19.7. The van der Waals surface area contributed by atoms with Crippen LogP contribution in [0.1, 0.15) is 44.7 Å². The van der Waals surface area contributed by atoms with Gasteiger partial charge in [0.05, 0.1) is 0 Å². The number of amides is 2. The standard InChI is InChI=1S/C22H28N2O2/c1-4-17-5-7-18(8-6-17)9-14-21(25)23-19-10-12-20(13-11-19)24-22(26)15-16(2)3/h5-8,10-13,16H,4,9,14-15H2,1-3H3,(H,23,25)(H,24,26). The minimum atomic E-state index is -0.0128. The van der Waals surface area contributed by atoms with Crippen LogP contribution in [0.2, 0.25) is 0 Å². The number of hydrogen-bond acceptors (Lipinski definition) is 2. The number of carbonyl (C=O) groups excluding carboxylic acids is 2. The summed E-state index contributed by atoms with van der Waals surface area (Å²) in [6.07, 6.45) is 2.68. The number of hydrogen-bond donors (Lipinski definition) is 2. The summed E-state index contributed by atoms with van der Waals surface area (Å²) in [5.41, 5.74) is 3.95. The van der Waals surface area contributed by atoms with Crippen LogP contribution in [-0.2, 0) is 22.4 Å². The molecule has 0 unspecified atom stereocenters. The maximum atomic E-state index is 12.1. The van der Waals surface area contributed by atoms with Gasteiger partial charge in [-0.2, -0.15) is 0 Å².